The number of hydrogen-bond donors (Lipinski definition) is 1. The van der Waals surface area contributed by atoms with Gasteiger partial charge in [-0.1, -0.05) is 37.6 Å². The molecule has 0 saturated heterocycles. The lowest BCUT2D eigenvalue weighted by atomic mass is 10.2. The van der Waals surface area contributed by atoms with Crippen LogP contribution in [0.25, 0.3) is 11.0 Å². The van der Waals surface area contributed by atoms with Crippen molar-refractivity contribution in [3.05, 3.63) is 59.9 Å². The molecule has 0 radical (unpaired) electrons. The molecule has 0 spiro atoms. The van der Waals surface area contributed by atoms with Crippen molar-refractivity contribution in [1.29, 1.82) is 0 Å². The number of aryl methyl sites for hydroxylation is 3. The van der Waals surface area contributed by atoms with Gasteiger partial charge in [0.15, 0.2) is 0 Å². The zero-order valence-electron chi connectivity index (χ0n) is 19.9. The maximum atomic E-state index is 11.7. The van der Waals surface area contributed by atoms with E-state index >= 15 is 0 Å². The van der Waals surface area contributed by atoms with Crippen LogP contribution in [0.2, 0.25) is 0 Å². The summed E-state index contributed by atoms with van der Waals surface area (Å²) in [4.78, 5) is 16.6. The fraction of sp³-hybridized carbons (Fsp3) is 0.500. The van der Waals surface area contributed by atoms with E-state index in [0.29, 0.717) is 5.92 Å². The SMILES string of the molecule is CCc1ccc(OCCCCn2c(CCCCCNC(=O)C3CC3)nc3ccccc32)cc1. The van der Waals surface area contributed by atoms with Gasteiger partial charge in [-0.3, -0.25) is 4.79 Å². The Balaban J connectivity index is 1.21. The Kier molecular flexibility index (Phi) is 8.40. The second kappa shape index (κ2) is 11.9. The third kappa shape index (κ3) is 6.83. The van der Waals surface area contributed by atoms with Crippen LogP contribution in [0.15, 0.2) is 48.5 Å². The largest absolute Gasteiger partial charge is 0.494 e. The minimum atomic E-state index is 0.249. The van der Waals surface area contributed by atoms with Gasteiger partial charge in [0.2, 0.25) is 5.91 Å². The van der Waals surface area contributed by atoms with Crippen LogP contribution in [0.3, 0.4) is 0 Å². The van der Waals surface area contributed by atoms with E-state index in [2.05, 4.69) is 65.3 Å². The summed E-state index contributed by atoms with van der Waals surface area (Å²) in [6.07, 6.45) is 9.49. The second-order valence-electron chi connectivity index (χ2n) is 9.10. The van der Waals surface area contributed by atoms with Gasteiger partial charge in [0, 0.05) is 25.4 Å². The highest BCUT2D eigenvalue weighted by Gasteiger charge is 2.28. The number of amides is 1. The van der Waals surface area contributed by atoms with Crippen molar-refractivity contribution in [2.45, 2.75) is 71.3 Å². The van der Waals surface area contributed by atoms with Crippen LogP contribution in [0, 0.1) is 5.92 Å². The van der Waals surface area contributed by atoms with E-state index in [-0.39, 0.29) is 5.91 Å². The normalized spacial score (nSPS) is 13.4. The predicted molar refractivity (Wildman–Crippen MR) is 134 cm³/mol. The number of fused-ring (bicyclic) bond motifs is 1. The first kappa shape index (κ1) is 23.3. The molecule has 0 unspecified atom stereocenters. The summed E-state index contributed by atoms with van der Waals surface area (Å²) >= 11 is 0. The lowest BCUT2D eigenvalue weighted by molar-refractivity contribution is -0.122. The third-order valence-corrected chi connectivity index (χ3v) is 6.43. The number of ether oxygens (including phenoxy) is 1. The number of nitrogens with zero attached hydrogens (tertiary/aromatic N) is 2. The molecule has 1 amide bonds. The molecule has 5 heteroatoms. The summed E-state index contributed by atoms with van der Waals surface area (Å²) in [7, 11) is 0. The average molecular weight is 448 g/mol. The minimum Gasteiger partial charge on any atom is -0.494 e. The minimum absolute atomic E-state index is 0.249. The Morgan fingerprint density at radius 3 is 2.64 bits per heavy atom. The van der Waals surface area contributed by atoms with Crippen molar-refractivity contribution in [3.8, 4) is 5.75 Å². The molecule has 2 aromatic carbocycles. The Labute approximate surface area is 197 Å². The summed E-state index contributed by atoms with van der Waals surface area (Å²) in [6, 6.07) is 16.8. The molecular formula is C28H37N3O2. The molecule has 1 fully saturated rings. The van der Waals surface area contributed by atoms with E-state index < -0.39 is 0 Å². The summed E-state index contributed by atoms with van der Waals surface area (Å²) in [5.41, 5.74) is 3.64. The molecule has 3 aromatic rings. The van der Waals surface area contributed by atoms with Crippen molar-refractivity contribution in [1.82, 2.24) is 14.9 Å². The molecule has 0 bridgehead atoms. The van der Waals surface area contributed by atoms with E-state index in [1.165, 1.54) is 16.9 Å². The average Bonchev–Trinajstić information content (AvgIpc) is 3.64. The van der Waals surface area contributed by atoms with Gasteiger partial charge in [0.25, 0.3) is 0 Å². The Morgan fingerprint density at radius 2 is 1.85 bits per heavy atom. The van der Waals surface area contributed by atoms with E-state index in [4.69, 9.17) is 9.72 Å². The van der Waals surface area contributed by atoms with Crippen molar-refractivity contribution in [3.63, 3.8) is 0 Å². The molecule has 1 aromatic heterocycles. The number of carbonyl (C=O) groups is 1. The molecule has 176 valence electrons. The van der Waals surface area contributed by atoms with E-state index in [1.807, 2.05) is 0 Å². The van der Waals surface area contributed by atoms with Crippen LogP contribution in [0.4, 0.5) is 0 Å². The van der Waals surface area contributed by atoms with Crippen molar-refractivity contribution >= 4 is 16.9 Å². The molecule has 0 aliphatic heterocycles. The molecular weight excluding hydrogens is 410 g/mol. The van der Waals surface area contributed by atoms with Crippen LogP contribution in [-0.2, 0) is 24.2 Å². The monoisotopic (exact) mass is 447 g/mol. The quantitative estimate of drug-likeness (QED) is 0.323. The van der Waals surface area contributed by atoms with Gasteiger partial charge in [-0.25, -0.2) is 4.98 Å². The lowest BCUT2D eigenvalue weighted by Gasteiger charge is -2.11. The van der Waals surface area contributed by atoms with Crippen LogP contribution >= 0.6 is 0 Å². The first-order valence-corrected chi connectivity index (χ1v) is 12.7. The number of imidazole rings is 1. The molecule has 1 aliphatic rings. The molecule has 0 atom stereocenters. The number of aromatic nitrogens is 2. The Bertz CT molecular complexity index is 1020. The summed E-state index contributed by atoms with van der Waals surface area (Å²) in [5, 5.41) is 3.06. The van der Waals surface area contributed by atoms with Gasteiger partial charge in [0.1, 0.15) is 11.6 Å². The van der Waals surface area contributed by atoms with Crippen molar-refractivity contribution in [2.24, 2.45) is 5.92 Å². The number of rotatable bonds is 14. The van der Waals surface area contributed by atoms with E-state index in [0.717, 1.165) is 88.8 Å². The number of para-hydroxylation sites is 2. The zero-order valence-corrected chi connectivity index (χ0v) is 19.9. The zero-order chi connectivity index (χ0) is 22.9. The van der Waals surface area contributed by atoms with Crippen LogP contribution in [0.1, 0.15) is 63.3 Å². The van der Waals surface area contributed by atoms with Crippen LogP contribution < -0.4 is 10.1 Å². The third-order valence-electron chi connectivity index (χ3n) is 6.43. The molecule has 5 nitrogen and oxygen atoms in total. The van der Waals surface area contributed by atoms with Crippen LogP contribution in [0.5, 0.6) is 5.75 Å². The van der Waals surface area contributed by atoms with Gasteiger partial charge in [-0.05, 0) is 74.8 Å². The number of nitrogens with one attached hydrogen (secondary N) is 1. The summed E-state index contributed by atoms with van der Waals surface area (Å²) in [6.45, 7) is 4.66. The Hall–Kier alpha value is -2.82. The molecule has 1 N–H and O–H groups in total. The topological polar surface area (TPSA) is 56.1 Å². The van der Waals surface area contributed by atoms with Gasteiger partial charge in [-0.15, -0.1) is 0 Å². The fourth-order valence-electron chi connectivity index (χ4n) is 4.24. The fourth-order valence-corrected chi connectivity index (χ4v) is 4.24. The first-order chi connectivity index (χ1) is 16.2. The van der Waals surface area contributed by atoms with Gasteiger partial charge in [-0.2, -0.15) is 0 Å². The molecule has 1 aliphatic carbocycles. The van der Waals surface area contributed by atoms with E-state index in [1.54, 1.807) is 0 Å². The number of hydrogen-bond acceptors (Lipinski definition) is 3. The van der Waals surface area contributed by atoms with Crippen molar-refractivity contribution < 1.29 is 9.53 Å². The molecule has 1 saturated carbocycles. The lowest BCUT2D eigenvalue weighted by Crippen LogP contribution is -2.25. The Morgan fingerprint density at radius 1 is 1.03 bits per heavy atom. The predicted octanol–water partition coefficient (Wildman–Crippen LogP) is 5.70. The highest BCUT2D eigenvalue weighted by Crippen LogP contribution is 2.28. The number of carbonyl (C=O) groups excluding carboxylic acids is 1. The second-order valence-corrected chi connectivity index (χ2v) is 9.10. The van der Waals surface area contributed by atoms with Gasteiger partial charge < -0.3 is 14.6 Å². The van der Waals surface area contributed by atoms with E-state index in [9.17, 15) is 4.79 Å². The number of unbranched alkanes of at least 4 members (excludes halogenated alkanes) is 3. The maximum Gasteiger partial charge on any atom is 0.223 e. The molecule has 1 heterocycles. The van der Waals surface area contributed by atoms with Crippen molar-refractivity contribution in [2.75, 3.05) is 13.2 Å². The maximum absolute atomic E-state index is 11.7. The van der Waals surface area contributed by atoms with Crippen LogP contribution in [-0.4, -0.2) is 28.6 Å². The first-order valence-electron chi connectivity index (χ1n) is 12.7. The molecule has 33 heavy (non-hydrogen) atoms. The number of benzene rings is 2. The highest BCUT2D eigenvalue weighted by molar-refractivity contribution is 5.80. The smallest absolute Gasteiger partial charge is 0.223 e. The molecule has 4 rings (SSSR count). The van der Waals surface area contributed by atoms with Gasteiger partial charge in [0.05, 0.1) is 17.6 Å². The van der Waals surface area contributed by atoms with Gasteiger partial charge >= 0.3 is 0 Å². The summed E-state index contributed by atoms with van der Waals surface area (Å²) in [5.74, 6) is 2.68. The summed E-state index contributed by atoms with van der Waals surface area (Å²) < 4.78 is 8.31. The highest BCUT2D eigenvalue weighted by atomic mass is 16.5. The standard InChI is InChI=1S/C28H37N3O2/c1-2-22-13-17-24(18-14-22)33-21-9-8-20-31-26-11-6-5-10-25(26)30-27(31)12-4-3-7-19-29-28(32)23-15-16-23/h5-6,10-11,13-14,17-18,23H,2-4,7-9,12,15-16,19-21H2,1H3,(H,29,32).